The van der Waals surface area contributed by atoms with Gasteiger partial charge in [-0.2, -0.15) is 5.10 Å². The third kappa shape index (κ3) is 3.53. The van der Waals surface area contributed by atoms with Crippen molar-refractivity contribution in [3.63, 3.8) is 0 Å². The Kier molecular flexibility index (Phi) is 4.70. The summed E-state index contributed by atoms with van der Waals surface area (Å²) in [4.78, 5) is 4.41. The van der Waals surface area contributed by atoms with Crippen molar-refractivity contribution < 1.29 is 0 Å². The van der Waals surface area contributed by atoms with E-state index in [0.29, 0.717) is 6.04 Å². The van der Waals surface area contributed by atoms with Crippen molar-refractivity contribution in [3.8, 4) is 0 Å². The van der Waals surface area contributed by atoms with Crippen molar-refractivity contribution in [1.82, 2.24) is 24.6 Å². The van der Waals surface area contributed by atoms with Gasteiger partial charge in [0.1, 0.15) is 5.82 Å². The zero-order chi connectivity index (χ0) is 14.5. The van der Waals surface area contributed by atoms with Crippen molar-refractivity contribution in [2.24, 2.45) is 0 Å². The molecule has 0 aromatic carbocycles. The predicted molar refractivity (Wildman–Crippen MR) is 83.1 cm³/mol. The van der Waals surface area contributed by atoms with Gasteiger partial charge in [0.2, 0.25) is 0 Å². The summed E-state index contributed by atoms with van der Waals surface area (Å²) in [6, 6.07) is 2.75. The van der Waals surface area contributed by atoms with Crippen LogP contribution in [-0.2, 0) is 13.1 Å². The molecule has 21 heavy (non-hydrogen) atoms. The smallest absolute Gasteiger partial charge is 0.123 e. The zero-order valence-electron chi connectivity index (χ0n) is 12.8. The van der Waals surface area contributed by atoms with Crippen LogP contribution in [0.1, 0.15) is 56.6 Å². The number of hydrogen-bond donors (Lipinski definition) is 1. The topological polar surface area (TPSA) is 47.7 Å². The number of nitrogens with zero attached hydrogens (tertiary/aromatic N) is 4. The molecule has 0 aliphatic heterocycles. The summed E-state index contributed by atoms with van der Waals surface area (Å²) in [6.07, 6.45) is 12.7. The minimum atomic E-state index is 0.608. The van der Waals surface area contributed by atoms with Crippen LogP contribution in [0.15, 0.2) is 24.7 Å². The lowest BCUT2D eigenvalue weighted by atomic mass is 9.96. The molecule has 114 valence electrons. The second-order valence-electron chi connectivity index (χ2n) is 5.83. The first-order chi connectivity index (χ1) is 10.4. The minimum absolute atomic E-state index is 0.608. The molecule has 3 rings (SSSR count). The average molecular weight is 287 g/mol. The van der Waals surface area contributed by atoms with Gasteiger partial charge in [0.05, 0.1) is 24.8 Å². The van der Waals surface area contributed by atoms with Gasteiger partial charge in [-0.1, -0.05) is 26.2 Å². The molecule has 5 heteroatoms. The highest BCUT2D eigenvalue weighted by Crippen LogP contribution is 2.27. The lowest BCUT2D eigenvalue weighted by Crippen LogP contribution is -2.17. The first kappa shape index (κ1) is 14.3. The first-order valence-electron chi connectivity index (χ1n) is 8.11. The third-order valence-electron chi connectivity index (χ3n) is 4.28. The molecule has 1 fully saturated rings. The van der Waals surface area contributed by atoms with Gasteiger partial charge in [0, 0.05) is 18.6 Å². The van der Waals surface area contributed by atoms with Crippen molar-refractivity contribution in [2.45, 2.75) is 58.2 Å². The van der Waals surface area contributed by atoms with E-state index in [0.717, 1.165) is 31.2 Å². The molecule has 0 radical (unpaired) electrons. The minimum Gasteiger partial charge on any atom is -0.328 e. The molecule has 1 N–H and O–H groups in total. The van der Waals surface area contributed by atoms with Crippen LogP contribution >= 0.6 is 0 Å². The van der Waals surface area contributed by atoms with E-state index in [1.165, 1.54) is 32.1 Å². The Balaban J connectivity index is 1.65. The van der Waals surface area contributed by atoms with Crippen molar-refractivity contribution >= 4 is 0 Å². The van der Waals surface area contributed by atoms with Crippen LogP contribution in [-0.4, -0.2) is 25.9 Å². The van der Waals surface area contributed by atoms with Crippen LogP contribution in [0.2, 0.25) is 0 Å². The van der Waals surface area contributed by atoms with Crippen molar-refractivity contribution in [2.75, 3.05) is 6.54 Å². The normalized spacial score (nSPS) is 16.4. The van der Waals surface area contributed by atoms with Crippen LogP contribution in [0.4, 0.5) is 0 Å². The number of rotatable bonds is 6. The highest BCUT2D eigenvalue weighted by molar-refractivity contribution is 5.04. The van der Waals surface area contributed by atoms with E-state index in [4.69, 9.17) is 5.10 Å². The monoisotopic (exact) mass is 287 g/mol. The summed E-state index contributed by atoms with van der Waals surface area (Å²) in [5, 5.41) is 8.10. The summed E-state index contributed by atoms with van der Waals surface area (Å²) < 4.78 is 4.35. The Bertz CT molecular complexity index is 551. The lowest BCUT2D eigenvalue weighted by molar-refractivity contribution is 0.328. The highest BCUT2D eigenvalue weighted by Gasteiger charge is 2.16. The van der Waals surface area contributed by atoms with E-state index in [-0.39, 0.29) is 0 Å². The fraction of sp³-hybridized carbons (Fsp3) is 0.625. The van der Waals surface area contributed by atoms with Crippen LogP contribution in [0.5, 0.6) is 0 Å². The Labute approximate surface area is 126 Å². The molecule has 0 unspecified atom stereocenters. The van der Waals surface area contributed by atoms with E-state index < -0.39 is 0 Å². The molecule has 1 saturated carbocycles. The fourth-order valence-electron chi connectivity index (χ4n) is 3.07. The van der Waals surface area contributed by atoms with E-state index in [1.54, 1.807) is 0 Å². The Morgan fingerprint density at radius 1 is 1.24 bits per heavy atom. The molecule has 1 aliphatic carbocycles. The molecule has 0 saturated heterocycles. The summed E-state index contributed by atoms with van der Waals surface area (Å²) in [6.45, 7) is 4.69. The van der Waals surface area contributed by atoms with Crippen LogP contribution < -0.4 is 5.32 Å². The largest absolute Gasteiger partial charge is 0.328 e. The van der Waals surface area contributed by atoms with Gasteiger partial charge in [-0.25, -0.2) is 4.98 Å². The quantitative estimate of drug-likeness (QED) is 0.888. The molecule has 5 nitrogen and oxygen atoms in total. The Hall–Kier alpha value is -1.62. The summed E-state index contributed by atoms with van der Waals surface area (Å²) in [7, 11) is 0. The van der Waals surface area contributed by atoms with E-state index in [2.05, 4.69) is 38.7 Å². The van der Waals surface area contributed by atoms with E-state index >= 15 is 0 Å². The molecule has 0 bridgehead atoms. The highest BCUT2D eigenvalue weighted by atomic mass is 15.3. The zero-order valence-corrected chi connectivity index (χ0v) is 12.8. The molecule has 0 atom stereocenters. The third-order valence-corrected chi connectivity index (χ3v) is 4.28. The maximum Gasteiger partial charge on any atom is 0.123 e. The van der Waals surface area contributed by atoms with Crippen molar-refractivity contribution in [1.29, 1.82) is 0 Å². The van der Waals surface area contributed by atoms with Gasteiger partial charge < -0.3 is 9.88 Å². The van der Waals surface area contributed by atoms with Gasteiger partial charge in [0.15, 0.2) is 0 Å². The summed E-state index contributed by atoms with van der Waals surface area (Å²) in [5.41, 5.74) is 1.12. The molecule has 2 aromatic rings. The number of nitrogens with one attached hydrogen (secondary N) is 1. The lowest BCUT2D eigenvalue weighted by Gasteiger charge is -2.21. The van der Waals surface area contributed by atoms with Crippen LogP contribution in [0, 0.1) is 0 Å². The summed E-state index contributed by atoms with van der Waals surface area (Å²) >= 11 is 0. The van der Waals surface area contributed by atoms with Gasteiger partial charge in [-0.05, 0) is 25.5 Å². The number of aromatic nitrogens is 4. The van der Waals surface area contributed by atoms with Crippen LogP contribution in [0.3, 0.4) is 0 Å². The van der Waals surface area contributed by atoms with Crippen molar-refractivity contribution in [3.05, 3.63) is 36.2 Å². The second-order valence-corrected chi connectivity index (χ2v) is 5.83. The van der Waals surface area contributed by atoms with E-state index in [9.17, 15) is 0 Å². The predicted octanol–water partition coefficient (Wildman–Crippen LogP) is 2.74. The maximum atomic E-state index is 4.78. The number of imidazole rings is 1. The second kappa shape index (κ2) is 6.89. The number of hydrogen-bond acceptors (Lipinski definition) is 3. The molecule has 1 aliphatic rings. The SMILES string of the molecule is CCNCc1nccn1Cc1ccn(C2CCCCC2)n1. The van der Waals surface area contributed by atoms with E-state index in [1.807, 2.05) is 12.4 Å². The molecular formula is C16H25N5. The maximum absolute atomic E-state index is 4.78. The summed E-state index contributed by atoms with van der Waals surface area (Å²) in [5.74, 6) is 1.07. The van der Waals surface area contributed by atoms with Gasteiger partial charge >= 0.3 is 0 Å². The molecule has 2 heterocycles. The Morgan fingerprint density at radius 3 is 2.90 bits per heavy atom. The van der Waals surface area contributed by atoms with Gasteiger partial charge in [-0.3, -0.25) is 4.68 Å². The standard InChI is InChI=1S/C16H25N5/c1-2-17-12-16-18-9-11-20(16)13-14-8-10-21(19-14)15-6-4-3-5-7-15/h8-11,15,17H,2-7,12-13H2,1H3. The van der Waals surface area contributed by atoms with Crippen LogP contribution in [0.25, 0.3) is 0 Å². The molecule has 0 spiro atoms. The fourth-order valence-corrected chi connectivity index (χ4v) is 3.07. The molecule has 0 amide bonds. The average Bonchev–Trinajstić information content (AvgIpc) is 3.16. The Morgan fingerprint density at radius 2 is 2.10 bits per heavy atom. The van der Waals surface area contributed by atoms with Gasteiger partial charge in [0.25, 0.3) is 0 Å². The first-order valence-corrected chi connectivity index (χ1v) is 8.11. The van der Waals surface area contributed by atoms with Gasteiger partial charge in [-0.15, -0.1) is 0 Å². The molecular weight excluding hydrogens is 262 g/mol. The molecule has 2 aromatic heterocycles.